The molecule has 0 bridgehead atoms. The second-order valence-corrected chi connectivity index (χ2v) is 5.68. The first-order valence-corrected chi connectivity index (χ1v) is 7.48. The van der Waals surface area contributed by atoms with E-state index in [-0.39, 0.29) is 0 Å². The first kappa shape index (κ1) is 12.9. The van der Waals surface area contributed by atoms with Crippen molar-refractivity contribution in [3.8, 4) is 5.75 Å². The smallest absolute Gasteiger partial charge is 0.115 e. The lowest BCUT2D eigenvalue weighted by atomic mass is 9.96. The van der Waals surface area contributed by atoms with E-state index < -0.39 is 0 Å². The van der Waals surface area contributed by atoms with Crippen molar-refractivity contribution in [2.24, 2.45) is 0 Å². The highest BCUT2D eigenvalue weighted by Crippen LogP contribution is 2.27. The Hall–Kier alpha value is -2.80. The van der Waals surface area contributed by atoms with Crippen molar-refractivity contribution < 1.29 is 5.11 Å². The van der Waals surface area contributed by atoms with Gasteiger partial charge in [0.1, 0.15) is 5.75 Å². The van der Waals surface area contributed by atoms with Crippen molar-refractivity contribution in [1.29, 1.82) is 0 Å². The molecular formula is C21H16O. The van der Waals surface area contributed by atoms with E-state index in [0.29, 0.717) is 5.75 Å². The molecule has 0 radical (unpaired) electrons. The summed E-state index contributed by atoms with van der Waals surface area (Å²) in [5, 5.41) is 14.5. The van der Waals surface area contributed by atoms with Gasteiger partial charge in [-0.2, -0.15) is 0 Å². The molecule has 0 fully saturated rings. The van der Waals surface area contributed by atoms with Crippen LogP contribution >= 0.6 is 0 Å². The summed E-state index contributed by atoms with van der Waals surface area (Å²) in [6.07, 6.45) is 0.871. The van der Waals surface area contributed by atoms with Crippen LogP contribution in [0.15, 0.2) is 78.9 Å². The highest BCUT2D eigenvalue weighted by molar-refractivity contribution is 5.99. The quantitative estimate of drug-likeness (QED) is 0.496. The number of phenols is 1. The fourth-order valence-electron chi connectivity index (χ4n) is 3.02. The van der Waals surface area contributed by atoms with Gasteiger partial charge in [-0.25, -0.2) is 0 Å². The second-order valence-electron chi connectivity index (χ2n) is 5.68. The normalized spacial score (nSPS) is 11.1. The molecule has 4 aromatic carbocycles. The molecule has 0 aliphatic carbocycles. The number of aromatic hydroxyl groups is 1. The average molecular weight is 284 g/mol. The van der Waals surface area contributed by atoms with Crippen LogP contribution in [0.2, 0.25) is 0 Å². The van der Waals surface area contributed by atoms with Gasteiger partial charge >= 0.3 is 0 Å². The number of rotatable bonds is 2. The van der Waals surface area contributed by atoms with Gasteiger partial charge in [0.25, 0.3) is 0 Å². The van der Waals surface area contributed by atoms with Crippen LogP contribution in [0.25, 0.3) is 21.5 Å². The zero-order chi connectivity index (χ0) is 14.9. The van der Waals surface area contributed by atoms with Crippen molar-refractivity contribution in [2.75, 3.05) is 0 Å². The van der Waals surface area contributed by atoms with E-state index in [2.05, 4.69) is 54.6 Å². The van der Waals surface area contributed by atoms with Crippen LogP contribution in [0.4, 0.5) is 0 Å². The van der Waals surface area contributed by atoms with E-state index in [1.807, 2.05) is 12.1 Å². The molecule has 4 rings (SSSR count). The molecule has 1 heteroatoms. The summed E-state index contributed by atoms with van der Waals surface area (Å²) in [7, 11) is 0. The number of benzene rings is 4. The molecule has 0 saturated heterocycles. The molecule has 0 atom stereocenters. The lowest BCUT2D eigenvalue weighted by Gasteiger charge is -2.09. The number of phenolic OH excluding ortho intramolecular Hbond substituents is 1. The Bertz CT molecular complexity index is 952. The van der Waals surface area contributed by atoms with Gasteiger partial charge < -0.3 is 5.11 Å². The Balaban J connectivity index is 1.86. The predicted octanol–water partition coefficient (Wildman–Crippen LogP) is 5.29. The minimum absolute atomic E-state index is 0.313. The molecule has 22 heavy (non-hydrogen) atoms. The summed E-state index contributed by atoms with van der Waals surface area (Å²) in [4.78, 5) is 0. The van der Waals surface area contributed by atoms with Gasteiger partial charge in [-0.05, 0) is 63.4 Å². The molecule has 4 aromatic rings. The minimum Gasteiger partial charge on any atom is -0.508 e. The Kier molecular flexibility index (Phi) is 3.05. The van der Waals surface area contributed by atoms with Crippen LogP contribution in [-0.2, 0) is 6.42 Å². The van der Waals surface area contributed by atoms with Gasteiger partial charge in [0.05, 0.1) is 0 Å². The molecule has 106 valence electrons. The summed E-state index contributed by atoms with van der Waals surface area (Å²) in [6, 6.07) is 26.9. The molecule has 0 saturated carbocycles. The summed E-state index contributed by atoms with van der Waals surface area (Å²) < 4.78 is 0. The molecule has 0 unspecified atom stereocenters. The highest BCUT2D eigenvalue weighted by atomic mass is 16.3. The van der Waals surface area contributed by atoms with E-state index in [1.165, 1.54) is 32.7 Å². The van der Waals surface area contributed by atoms with Crippen LogP contribution in [0, 0.1) is 0 Å². The molecule has 0 aromatic heterocycles. The number of hydrogen-bond acceptors (Lipinski definition) is 1. The summed E-state index contributed by atoms with van der Waals surface area (Å²) in [6.45, 7) is 0. The molecule has 0 heterocycles. The Morgan fingerprint density at radius 2 is 1.32 bits per heavy atom. The largest absolute Gasteiger partial charge is 0.508 e. The van der Waals surface area contributed by atoms with E-state index in [0.717, 1.165) is 6.42 Å². The molecular weight excluding hydrogens is 268 g/mol. The number of fused-ring (bicyclic) bond motifs is 2. The van der Waals surface area contributed by atoms with Crippen molar-refractivity contribution in [1.82, 2.24) is 0 Å². The average Bonchev–Trinajstić information content (AvgIpc) is 2.55. The molecule has 0 aliphatic rings. The maximum atomic E-state index is 9.41. The predicted molar refractivity (Wildman–Crippen MR) is 92.4 cm³/mol. The molecule has 0 amide bonds. The standard InChI is InChI=1S/C21H16O/c22-20-10-8-15(9-11-20)12-18-6-3-7-19-13-16-4-1-2-5-17(16)14-21(18)19/h1-11,13-14,22H,12H2. The molecule has 1 N–H and O–H groups in total. The topological polar surface area (TPSA) is 20.2 Å². The van der Waals surface area contributed by atoms with E-state index in [9.17, 15) is 5.11 Å². The summed E-state index contributed by atoms with van der Waals surface area (Å²) >= 11 is 0. The van der Waals surface area contributed by atoms with Crippen molar-refractivity contribution in [3.05, 3.63) is 90.0 Å². The third-order valence-electron chi connectivity index (χ3n) is 4.17. The fourth-order valence-corrected chi connectivity index (χ4v) is 3.02. The first-order chi connectivity index (χ1) is 10.8. The SMILES string of the molecule is Oc1ccc(Cc2cccc3cc4ccccc4cc23)cc1. The monoisotopic (exact) mass is 284 g/mol. The molecule has 0 spiro atoms. The zero-order valence-electron chi connectivity index (χ0n) is 12.2. The lowest BCUT2D eigenvalue weighted by Crippen LogP contribution is -1.90. The van der Waals surface area contributed by atoms with Crippen LogP contribution in [-0.4, -0.2) is 5.11 Å². The fraction of sp³-hybridized carbons (Fsp3) is 0.0476. The van der Waals surface area contributed by atoms with Crippen LogP contribution in [0.5, 0.6) is 5.75 Å². The minimum atomic E-state index is 0.313. The Morgan fingerprint density at radius 3 is 2.09 bits per heavy atom. The zero-order valence-corrected chi connectivity index (χ0v) is 12.2. The van der Waals surface area contributed by atoms with E-state index in [1.54, 1.807) is 12.1 Å². The van der Waals surface area contributed by atoms with Gasteiger partial charge in [-0.3, -0.25) is 0 Å². The van der Waals surface area contributed by atoms with Crippen LogP contribution in [0.3, 0.4) is 0 Å². The van der Waals surface area contributed by atoms with Crippen molar-refractivity contribution in [3.63, 3.8) is 0 Å². The van der Waals surface area contributed by atoms with Gasteiger partial charge in [-0.1, -0.05) is 54.6 Å². The van der Waals surface area contributed by atoms with Gasteiger partial charge in [0, 0.05) is 0 Å². The van der Waals surface area contributed by atoms with Crippen molar-refractivity contribution >= 4 is 21.5 Å². The third kappa shape index (κ3) is 2.31. The lowest BCUT2D eigenvalue weighted by molar-refractivity contribution is 0.475. The van der Waals surface area contributed by atoms with Gasteiger partial charge in [0.15, 0.2) is 0 Å². The van der Waals surface area contributed by atoms with Crippen LogP contribution in [0.1, 0.15) is 11.1 Å². The highest BCUT2D eigenvalue weighted by Gasteiger charge is 2.04. The third-order valence-corrected chi connectivity index (χ3v) is 4.17. The first-order valence-electron chi connectivity index (χ1n) is 7.48. The molecule has 0 aliphatic heterocycles. The van der Waals surface area contributed by atoms with Crippen molar-refractivity contribution in [2.45, 2.75) is 6.42 Å². The van der Waals surface area contributed by atoms with E-state index >= 15 is 0 Å². The maximum Gasteiger partial charge on any atom is 0.115 e. The number of hydrogen-bond donors (Lipinski definition) is 1. The maximum absolute atomic E-state index is 9.41. The van der Waals surface area contributed by atoms with Gasteiger partial charge in [0.2, 0.25) is 0 Å². The summed E-state index contributed by atoms with van der Waals surface area (Å²) in [5.74, 6) is 0.313. The molecule has 1 nitrogen and oxygen atoms in total. The van der Waals surface area contributed by atoms with Crippen LogP contribution < -0.4 is 0 Å². The Morgan fingerprint density at radius 1 is 0.636 bits per heavy atom. The second kappa shape index (κ2) is 5.19. The summed E-state index contributed by atoms with van der Waals surface area (Å²) in [5.41, 5.74) is 2.52. The van der Waals surface area contributed by atoms with Gasteiger partial charge in [-0.15, -0.1) is 0 Å². The Labute approximate surface area is 129 Å². The van der Waals surface area contributed by atoms with E-state index in [4.69, 9.17) is 0 Å².